The van der Waals surface area contributed by atoms with E-state index in [1.54, 1.807) is 0 Å². The third-order valence-electron chi connectivity index (χ3n) is 2.17. The summed E-state index contributed by atoms with van der Waals surface area (Å²) in [4.78, 5) is 12.5. The third kappa shape index (κ3) is 3.72. The first-order chi connectivity index (χ1) is 7.69. The van der Waals surface area contributed by atoms with E-state index in [0.29, 0.717) is 10.8 Å². The van der Waals surface area contributed by atoms with Gasteiger partial charge in [-0.2, -0.15) is 0 Å². The van der Waals surface area contributed by atoms with Crippen molar-refractivity contribution in [2.75, 3.05) is 5.88 Å². The summed E-state index contributed by atoms with van der Waals surface area (Å²) in [6.07, 6.45) is 2.52. The summed E-state index contributed by atoms with van der Waals surface area (Å²) in [5.41, 5.74) is 0.795. The van der Waals surface area contributed by atoms with Gasteiger partial charge < -0.3 is 5.32 Å². The highest BCUT2D eigenvalue weighted by Gasteiger charge is 2.16. The molecular formula is C10H16ClN3OS. The molecule has 1 rings (SSSR count). The quantitative estimate of drug-likeness (QED) is 0.799. The highest BCUT2D eigenvalue weighted by Crippen LogP contribution is 2.12. The van der Waals surface area contributed by atoms with Gasteiger partial charge in [0.2, 0.25) is 0 Å². The Labute approximate surface area is 105 Å². The molecule has 1 amide bonds. The molecule has 1 heterocycles. The molecule has 1 N–H and O–H groups in total. The number of aryl methyl sites for hydroxylation is 1. The maximum absolute atomic E-state index is 11.9. The van der Waals surface area contributed by atoms with Crippen LogP contribution in [0.25, 0.3) is 0 Å². The second-order valence-electron chi connectivity index (χ2n) is 3.65. The van der Waals surface area contributed by atoms with E-state index in [1.165, 1.54) is 0 Å². The Kier molecular flexibility index (Phi) is 5.69. The zero-order valence-corrected chi connectivity index (χ0v) is 11.1. The topological polar surface area (TPSA) is 54.9 Å². The maximum atomic E-state index is 11.9. The summed E-state index contributed by atoms with van der Waals surface area (Å²) in [5, 5.41) is 6.85. The number of amides is 1. The third-order valence-corrected chi connectivity index (χ3v) is 3.15. The molecule has 0 saturated carbocycles. The number of nitrogens with one attached hydrogen (secondary N) is 1. The second kappa shape index (κ2) is 6.81. The first-order valence-corrected chi connectivity index (χ1v) is 6.67. The zero-order valence-electron chi connectivity index (χ0n) is 9.49. The lowest BCUT2D eigenvalue weighted by molar-refractivity contribution is 0.0942. The second-order valence-corrected chi connectivity index (χ2v) is 4.78. The van der Waals surface area contributed by atoms with E-state index in [-0.39, 0.29) is 11.9 Å². The molecule has 0 bridgehead atoms. The molecule has 0 spiro atoms. The predicted octanol–water partition coefficient (Wildman–Crippen LogP) is 2.24. The molecule has 0 aliphatic carbocycles. The van der Waals surface area contributed by atoms with Crippen LogP contribution in [-0.2, 0) is 6.42 Å². The van der Waals surface area contributed by atoms with Crippen molar-refractivity contribution < 1.29 is 4.79 Å². The van der Waals surface area contributed by atoms with Crippen LogP contribution in [0.4, 0.5) is 0 Å². The van der Waals surface area contributed by atoms with Gasteiger partial charge in [-0.15, -0.1) is 16.7 Å². The number of carbonyl (C=O) groups excluding carboxylic acids is 1. The minimum absolute atomic E-state index is 0.0848. The highest BCUT2D eigenvalue weighted by atomic mass is 35.5. The van der Waals surface area contributed by atoms with E-state index in [2.05, 4.69) is 21.8 Å². The Morgan fingerprint density at radius 2 is 2.38 bits per heavy atom. The average Bonchev–Trinajstić information content (AvgIpc) is 2.66. The first kappa shape index (κ1) is 13.4. The number of hydrogen-bond acceptors (Lipinski definition) is 4. The first-order valence-electron chi connectivity index (χ1n) is 5.37. The van der Waals surface area contributed by atoms with Crippen molar-refractivity contribution >= 4 is 29.0 Å². The summed E-state index contributed by atoms with van der Waals surface area (Å²) < 4.78 is 3.82. The lowest BCUT2D eigenvalue weighted by atomic mass is 10.2. The van der Waals surface area contributed by atoms with Crippen molar-refractivity contribution in [1.29, 1.82) is 0 Å². The lowest BCUT2D eigenvalue weighted by Gasteiger charge is -2.11. The lowest BCUT2D eigenvalue weighted by Crippen LogP contribution is -2.32. The van der Waals surface area contributed by atoms with Crippen LogP contribution in [0.15, 0.2) is 0 Å². The Balaban J connectivity index is 2.61. The minimum atomic E-state index is -0.0870. The fraction of sp³-hybridized carbons (Fsp3) is 0.700. The molecule has 6 heteroatoms. The molecule has 1 unspecified atom stereocenters. The summed E-state index contributed by atoms with van der Waals surface area (Å²) >= 11 is 6.76. The van der Waals surface area contributed by atoms with Crippen molar-refractivity contribution in [1.82, 2.24) is 14.9 Å². The van der Waals surface area contributed by atoms with Gasteiger partial charge in [0.15, 0.2) is 0 Å². The molecule has 0 aliphatic heterocycles. The van der Waals surface area contributed by atoms with Gasteiger partial charge in [0.25, 0.3) is 5.91 Å². The molecule has 1 aromatic rings. The minimum Gasteiger partial charge on any atom is -0.349 e. The Morgan fingerprint density at radius 1 is 1.62 bits per heavy atom. The zero-order chi connectivity index (χ0) is 12.0. The summed E-state index contributed by atoms with van der Waals surface area (Å²) in [7, 11) is 0. The standard InChI is InChI=1S/C10H16ClN3OS/c1-3-4-8-9(16-14-13-8)10(15)12-7(2)5-6-11/h7H,3-6H2,1-2H3,(H,12,15). The number of rotatable bonds is 6. The van der Waals surface area contributed by atoms with E-state index >= 15 is 0 Å². The van der Waals surface area contributed by atoms with E-state index < -0.39 is 0 Å². The van der Waals surface area contributed by atoms with Crippen LogP contribution in [0.1, 0.15) is 42.1 Å². The van der Waals surface area contributed by atoms with Gasteiger partial charge in [0.05, 0.1) is 5.69 Å². The number of carbonyl (C=O) groups is 1. The van der Waals surface area contributed by atoms with Gasteiger partial charge >= 0.3 is 0 Å². The normalized spacial score (nSPS) is 12.4. The number of nitrogens with zero attached hydrogens (tertiary/aromatic N) is 2. The van der Waals surface area contributed by atoms with Gasteiger partial charge in [-0.3, -0.25) is 4.79 Å². The van der Waals surface area contributed by atoms with Gasteiger partial charge in [0.1, 0.15) is 4.88 Å². The van der Waals surface area contributed by atoms with Crippen LogP contribution in [-0.4, -0.2) is 27.4 Å². The van der Waals surface area contributed by atoms with Gasteiger partial charge in [-0.1, -0.05) is 17.8 Å². The van der Waals surface area contributed by atoms with Crippen LogP contribution in [0.2, 0.25) is 0 Å². The van der Waals surface area contributed by atoms with Crippen LogP contribution in [0, 0.1) is 0 Å². The van der Waals surface area contributed by atoms with E-state index in [9.17, 15) is 4.79 Å². The number of alkyl halides is 1. The van der Waals surface area contributed by atoms with Crippen molar-refractivity contribution in [3.8, 4) is 0 Å². The Hall–Kier alpha value is -0.680. The van der Waals surface area contributed by atoms with E-state index in [0.717, 1.165) is 36.5 Å². The summed E-state index contributed by atoms with van der Waals surface area (Å²) in [6.45, 7) is 3.99. The molecule has 16 heavy (non-hydrogen) atoms. The van der Waals surface area contributed by atoms with Crippen LogP contribution >= 0.6 is 23.1 Å². The maximum Gasteiger partial charge on any atom is 0.265 e. The smallest absolute Gasteiger partial charge is 0.265 e. The monoisotopic (exact) mass is 261 g/mol. The molecule has 0 aliphatic rings. The molecule has 0 saturated heterocycles. The molecule has 4 nitrogen and oxygen atoms in total. The van der Waals surface area contributed by atoms with Crippen molar-refractivity contribution in [3.63, 3.8) is 0 Å². The number of halogens is 1. The molecule has 90 valence electrons. The van der Waals surface area contributed by atoms with E-state index in [4.69, 9.17) is 11.6 Å². The summed E-state index contributed by atoms with van der Waals surface area (Å²) in [6, 6.07) is 0.0848. The molecule has 0 fully saturated rings. The fourth-order valence-corrected chi connectivity index (χ4v) is 2.25. The number of hydrogen-bond donors (Lipinski definition) is 1. The van der Waals surface area contributed by atoms with Crippen molar-refractivity contribution in [2.45, 2.75) is 39.2 Å². The largest absolute Gasteiger partial charge is 0.349 e. The van der Waals surface area contributed by atoms with Gasteiger partial charge in [-0.05, 0) is 31.3 Å². The Morgan fingerprint density at radius 3 is 3.00 bits per heavy atom. The van der Waals surface area contributed by atoms with Crippen LogP contribution in [0.5, 0.6) is 0 Å². The molecular weight excluding hydrogens is 246 g/mol. The van der Waals surface area contributed by atoms with E-state index in [1.807, 2.05) is 6.92 Å². The SMILES string of the molecule is CCCc1nnsc1C(=O)NC(C)CCCl. The molecule has 0 aromatic carbocycles. The van der Waals surface area contributed by atoms with Gasteiger partial charge in [0, 0.05) is 11.9 Å². The van der Waals surface area contributed by atoms with Gasteiger partial charge in [-0.25, -0.2) is 0 Å². The predicted molar refractivity (Wildman–Crippen MR) is 66.2 cm³/mol. The molecule has 1 aromatic heterocycles. The number of aromatic nitrogens is 2. The molecule has 0 radical (unpaired) electrons. The average molecular weight is 262 g/mol. The van der Waals surface area contributed by atoms with Crippen molar-refractivity contribution in [2.24, 2.45) is 0 Å². The van der Waals surface area contributed by atoms with Crippen LogP contribution in [0.3, 0.4) is 0 Å². The summed E-state index contributed by atoms with van der Waals surface area (Å²) in [5.74, 6) is 0.459. The highest BCUT2D eigenvalue weighted by molar-refractivity contribution is 7.08. The molecule has 1 atom stereocenters. The Bertz CT molecular complexity index is 343. The fourth-order valence-electron chi connectivity index (χ4n) is 1.31. The van der Waals surface area contributed by atoms with Crippen LogP contribution < -0.4 is 5.32 Å². The van der Waals surface area contributed by atoms with Crippen molar-refractivity contribution in [3.05, 3.63) is 10.6 Å².